The van der Waals surface area contributed by atoms with Crippen LogP contribution in [0.5, 0.6) is 0 Å². The number of amides is 1. The Bertz CT molecular complexity index is 394. The SMILES string of the molecule is C#CCN1C(=O)OC[C@@H]1c1ccccc1. The Morgan fingerprint density at radius 2 is 2.20 bits per heavy atom. The lowest BCUT2D eigenvalue weighted by Crippen LogP contribution is -2.27. The maximum absolute atomic E-state index is 11.4. The van der Waals surface area contributed by atoms with Gasteiger partial charge in [-0.25, -0.2) is 4.79 Å². The molecule has 1 aliphatic heterocycles. The molecule has 0 bridgehead atoms. The zero-order valence-electron chi connectivity index (χ0n) is 8.22. The Labute approximate surface area is 88.6 Å². The first-order valence-electron chi connectivity index (χ1n) is 4.74. The van der Waals surface area contributed by atoms with Gasteiger partial charge in [0.1, 0.15) is 6.61 Å². The monoisotopic (exact) mass is 201 g/mol. The summed E-state index contributed by atoms with van der Waals surface area (Å²) in [5.41, 5.74) is 1.05. The zero-order valence-corrected chi connectivity index (χ0v) is 8.22. The van der Waals surface area contributed by atoms with Crippen LogP contribution in [-0.4, -0.2) is 24.1 Å². The maximum atomic E-state index is 11.4. The van der Waals surface area contributed by atoms with Crippen LogP contribution in [-0.2, 0) is 4.74 Å². The van der Waals surface area contributed by atoms with Gasteiger partial charge in [0.25, 0.3) is 0 Å². The maximum Gasteiger partial charge on any atom is 0.411 e. The molecule has 1 aromatic rings. The summed E-state index contributed by atoms with van der Waals surface area (Å²) in [5.74, 6) is 2.46. The lowest BCUT2D eigenvalue weighted by Gasteiger charge is -2.18. The van der Waals surface area contributed by atoms with Gasteiger partial charge in [0.15, 0.2) is 0 Å². The summed E-state index contributed by atoms with van der Waals surface area (Å²) in [6.45, 7) is 0.670. The molecule has 1 heterocycles. The number of benzene rings is 1. The normalized spacial score (nSPS) is 19.8. The van der Waals surface area contributed by atoms with E-state index in [2.05, 4.69) is 5.92 Å². The van der Waals surface area contributed by atoms with E-state index in [1.54, 1.807) is 4.90 Å². The van der Waals surface area contributed by atoms with Crippen LogP contribution in [0.4, 0.5) is 4.79 Å². The Morgan fingerprint density at radius 1 is 1.47 bits per heavy atom. The third kappa shape index (κ3) is 1.79. The molecule has 0 aromatic heterocycles. The second kappa shape index (κ2) is 4.05. The first-order valence-corrected chi connectivity index (χ1v) is 4.74. The van der Waals surface area contributed by atoms with Gasteiger partial charge >= 0.3 is 6.09 Å². The summed E-state index contributed by atoms with van der Waals surface area (Å²) in [5, 5.41) is 0. The molecule has 0 aliphatic carbocycles. The molecule has 0 spiro atoms. The smallest absolute Gasteiger partial charge is 0.411 e. The van der Waals surface area contributed by atoms with Gasteiger partial charge in [0, 0.05) is 0 Å². The number of carbonyl (C=O) groups is 1. The molecule has 76 valence electrons. The van der Waals surface area contributed by atoms with Crippen molar-refractivity contribution in [3.05, 3.63) is 35.9 Å². The van der Waals surface area contributed by atoms with E-state index in [4.69, 9.17) is 11.2 Å². The van der Waals surface area contributed by atoms with Crippen molar-refractivity contribution in [2.45, 2.75) is 6.04 Å². The standard InChI is InChI=1S/C12H11NO2/c1-2-8-13-11(9-15-12(13)14)10-6-4-3-5-7-10/h1,3-7,11H,8-9H2/t11-/m1/s1. The molecule has 3 nitrogen and oxygen atoms in total. The van der Waals surface area contributed by atoms with Crippen LogP contribution in [0.2, 0.25) is 0 Å². The van der Waals surface area contributed by atoms with Crippen LogP contribution < -0.4 is 0 Å². The highest BCUT2D eigenvalue weighted by Crippen LogP contribution is 2.26. The average molecular weight is 201 g/mol. The van der Waals surface area contributed by atoms with Gasteiger partial charge in [-0.3, -0.25) is 4.90 Å². The van der Waals surface area contributed by atoms with E-state index in [0.717, 1.165) is 5.56 Å². The highest BCUT2D eigenvalue weighted by Gasteiger charge is 2.32. The van der Waals surface area contributed by atoms with E-state index in [-0.39, 0.29) is 12.1 Å². The van der Waals surface area contributed by atoms with Crippen LogP contribution in [0.25, 0.3) is 0 Å². The first-order chi connectivity index (χ1) is 7.33. The molecular formula is C12H11NO2. The number of hydrogen-bond acceptors (Lipinski definition) is 2. The van der Waals surface area contributed by atoms with Gasteiger partial charge in [-0.15, -0.1) is 6.42 Å². The Kier molecular flexibility index (Phi) is 2.59. The van der Waals surface area contributed by atoms with Crippen molar-refractivity contribution < 1.29 is 9.53 Å². The van der Waals surface area contributed by atoms with Gasteiger partial charge in [-0.2, -0.15) is 0 Å². The molecule has 0 saturated carbocycles. The lowest BCUT2D eigenvalue weighted by atomic mass is 10.1. The van der Waals surface area contributed by atoms with Gasteiger partial charge in [0.2, 0.25) is 0 Å². The summed E-state index contributed by atoms with van der Waals surface area (Å²) in [7, 11) is 0. The minimum absolute atomic E-state index is 0.0465. The Hall–Kier alpha value is -1.95. The number of terminal acetylenes is 1. The molecule has 0 unspecified atom stereocenters. The molecule has 0 N–H and O–H groups in total. The molecule has 1 fully saturated rings. The number of nitrogens with zero attached hydrogens (tertiary/aromatic N) is 1. The Balaban J connectivity index is 2.23. The fourth-order valence-electron chi connectivity index (χ4n) is 1.67. The molecule has 1 saturated heterocycles. The number of hydrogen-bond donors (Lipinski definition) is 0. The molecule has 1 amide bonds. The number of rotatable bonds is 2. The summed E-state index contributed by atoms with van der Waals surface area (Å²) in [6.07, 6.45) is 4.88. The highest BCUT2D eigenvalue weighted by atomic mass is 16.6. The molecule has 3 heteroatoms. The van der Waals surface area contributed by atoms with Crippen LogP contribution >= 0.6 is 0 Å². The summed E-state index contributed by atoms with van der Waals surface area (Å²) in [6, 6.07) is 9.70. The minimum Gasteiger partial charge on any atom is -0.447 e. The summed E-state index contributed by atoms with van der Waals surface area (Å²) in [4.78, 5) is 12.9. The average Bonchev–Trinajstić information content (AvgIpc) is 2.63. The van der Waals surface area contributed by atoms with E-state index in [1.807, 2.05) is 30.3 Å². The van der Waals surface area contributed by atoms with Crippen molar-refractivity contribution in [1.82, 2.24) is 4.90 Å². The molecular weight excluding hydrogens is 190 g/mol. The van der Waals surface area contributed by atoms with Gasteiger partial charge in [0.05, 0.1) is 12.6 Å². The number of cyclic esters (lactones) is 1. The topological polar surface area (TPSA) is 29.5 Å². The Morgan fingerprint density at radius 3 is 2.87 bits per heavy atom. The fourth-order valence-corrected chi connectivity index (χ4v) is 1.67. The number of carbonyl (C=O) groups excluding carboxylic acids is 1. The van der Waals surface area contributed by atoms with Crippen LogP contribution in [0.15, 0.2) is 30.3 Å². The predicted molar refractivity (Wildman–Crippen MR) is 56.1 cm³/mol. The van der Waals surface area contributed by atoms with Gasteiger partial charge in [-0.05, 0) is 5.56 Å². The van der Waals surface area contributed by atoms with Crippen molar-refractivity contribution >= 4 is 6.09 Å². The quantitative estimate of drug-likeness (QED) is 0.683. The van der Waals surface area contributed by atoms with E-state index in [9.17, 15) is 4.79 Å². The van der Waals surface area contributed by atoms with Crippen molar-refractivity contribution in [3.8, 4) is 12.3 Å². The molecule has 1 aliphatic rings. The molecule has 15 heavy (non-hydrogen) atoms. The summed E-state index contributed by atoms with van der Waals surface area (Å²) >= 11 is 0. The largest absolute Gasteiger partial charge is 0.447 e. The first kappa shape index (κ1) is 9.60. The zero-order chi connectivity index (χ0) is 10.7. The van der Waals surface area contributed by atoms with E-state index < -0.39 is 0 Å². The van der Waals surface area contributed by atoms with Crippen molar-refractivity contribution in [2.75, 3.05) is 13.2 Å². The highest BCUT2D eigenvalue weighted by molar-refractivity contribution is 5.71. The molecule has 1 aromatic carbocycles. The summed E-state index contributed by atoms with van der Waals surface area (Å²) < 4.78 is 4.98. The van der Waals surface area contributed by atoms with Crippen LogP contribution in [0, 0.1) is 12.3 Å². The van der Waals surface area contributed by atoms with Crippen LogP contribution in [0.3, 0.4) is 0 Å². The van der Waals surface area contributed by atoms with E-state index in [0.29, 0.717) is 13.2 Å². The molecule has 0 radical (unpaired) electrons. The van der Waals surface area contributed by atoms with E-state index >= 15 is 0 Å². The third-order valence-electron chi connectivity index (χ3n) is 2.42. The van der Waals surface area contributed by atoms with Crippen molar-refractivity contribution in [1.29, 1.82) is 0 Å². The van der Waals surface area contributed by atoms with Crippen molar-refractivity contribution in [3.63, 3.8) is 0 Å². The van der Waals surface area contributed by atoms with Gasteiger partial charge < -0.3 is 4.74 Å². The fraction of sp³-hybridized carbons (Fsp3) is 0.250. The van der Waals surface area contributed by atoms with Gasteiger partial charge in [-0.1, -0.05) is 36.3 Å². The second-order valence-corrected chi connectivity index (χ2v) is 3.34. The molecule has 2 rings (SSSR count). The minimum atomic E-state index is -0.332. The third-order valence-corrected chi connectivity index (χ3v) is 2.42. The van der Waals surface area contributed by atoms with E-state index in [1.165, 1.54) is 0 Å². The lowest BCUT2D eigenvalue weighted by molar-refractivity contribution is 0.161. The van der Waals surface area contributed by atoms with Crippen LogP contribution in [0.1, 0.15) is 11.6 Å². The van der Waals surface area contributed by atoms with Crippen molar-refractivity contribution in [2.24, 2.45) is 0 Å². The molecule has 1 atom stereocenters. The number of ether oxygens (including phenoxy) is 1. The second-order valence-electron chi connectivity index (χ2n) is 3.34. The predicted octanol–water partition coefficient (Wildman–Crippen LogP) is 1.81.